The molecule has 0 amide bonds. The average molecular weight is 233 g/mol. The lowest BCUT2D eigenvalue weighted by molar-refractivity contribution is 0.111. The molecule has 1 aromatic rings. The van der Waals surface area contributed by atoms with Crippen LogP contribution in [0.1, 0.15) is 15.9 Å². The molecule has 1 rings (SSSR count). The zero-order chi connectivity index (χ0) is 9.14. The Morgan fingerprint density at radius 1 is 1.58 bits per heavy atom. The first-order valence-electron chi connectivity index (χ1n) is 3.23. The van der Waals surface area contributed by atoms with Gasteiger partial charge in [0.1, 0.15) is 5.82 Å². The molecular weight excluding hydrogens is 227 g/mol. The van der Waals surface area contributed by atoms with Crippen LogP contribution in [0.2, 0.25) is 0 Å². The highest BCUT2D eigenvalue weighted by atomic mass is 79.9. The van der Waals surface area contributed by atoms with E-state index in [1.807, 2.05) is 0 Å². The van der Waals surface area contributed by atoms with Crippen molar-refractivity contribution in [2.45, 2.75) is 6.61 Å². The van der Waals surface area contributed by atoms with Gasteiger partial charge >= 0.3 is 0 Å². The molecule has 0 radical (unpaired) electrons. The molecule has 64 valence electrons. The molecule has 0 heterocycles. The highest BCUT2D eigenvalue weighted by molar-refractivity contribution is 9.10. The SMILES string of the molecule is O=Cc1cc(Br)c(CO)cc1F. The molecule has 0 bridgehead atoms. The number of hydrogen-bond acceptors (Lipinski definition) is 2. The second kappa shape index (κ2) is 3.78. The summed E-state index contributed by atoms with van der Waals surface area (Å²) >= 11 is 3.10. The summed E-state index contributed by atoms with van der Waals surface area (Å²) in [5.41, 5.74) is 0.414. The van der Waals surface area contributed by atoms with E-state index in [0.29, 0.717) is 16.3 Å². The van der Waals surface area contributed by atoms with Crippen LogP contribution in [0.4, 0.5) is 4.39 Å². The third kappa shape index (κ3) is 1.70. The Hall–Kier alpha value is -0.740. The average Bonchev–Trinajstić information content (AvgIpc) is 2.08. The van der Waals surface area contributed by atoms with Crippen molar-refractivity contribution >= 4 is 22.2 Å². The summed E-state index contributed by atoms with van der Waals surface area (Å²) in [6, 6.07) is 2.47. The summed E-state index contributed by atoms with van der Waals surface area (Å²) in [5, 5.41) is 8.72. The highest BCUT2D eigenvalue weighted by Crippen LogP contribution is 2.20. The number of aldehydes is 1. The van der Waals surface area contributed by atoms with Gasteiger partial charge in [-0.25, -0.2) is 4.39 Å². The van der Waals surface area contributed by atoms with Crippen LogP contribution in [0.5, 0.6) is 0 Å². The van der Waals surface area contributed by atoms with Gasteiger partial charge in [-0.2, -0.15) is 0 Å². The van der Waals surface area contributed by atoms with Crippen LogP contribution in [0.3, 0.4) is 0 Å². The number of carbonyl (C=O) groups excluding carboxylic acids is 1. The first-order chi connectivity index (χ1) is 5.69. The van der Waals surface area contributed by atoms with E-state index in [4.69, 9.17) is 5.11 Å². The molecule has 0 aliphatic heterocycles. The Morgan fingerprint density at radius 2 is 2.25 bits per heavy atom. The van der Waals surface area contributed by atoms with E-state index in [2.05, 4.69) is 15.9 Å². The molecule has 0 saturated heterocycles. The summed E-state index contributed by atoms with van der Waals surface area (Å²) in [6.45, 7) is -0.253. The van der Waals surface area contributed by atoms with Gasteiger partial charge in [0.2, 0.25) is 0 Å². The monoisotopic (exact) mass is 232 g/mol. The van der Waals surface area contributed by atoms with Gasteiger partial charge in [0.15, 0.2) is 6.29 Å². The normalized spacial score (nSPS) is 9.92. The fourth-order valence-electron chi connectivity index (χ4n) is 0.815. The first-order valence-corrected chi connectivity index (χ1v) is 4.02. The highest BCUT2D eigenvalue weighted by Gasteiger charge is 2.06. The standard InChI is InChI=1S/C8H6BrFO2/c9-7-1-6(4-12)8(10)2-5(7)3-11/h1-2,4,11H,3H2. The van der Waals surface area contributed by atoms with Gasteiger partial charge in [-0.3, -0.25) is 4.79 Å². The minimum atomic E-state index is -0.614. The predicted molar refractivity (Wildman–Crippen MR) is 45.4 cm³/mol. The minimum Gasteiger partial charge on any atom is -0.392 e. The van der Waals surface area contributed by atoms with Crippen molar-refractivity contribution in [2.24, 2.45) is 0 Å². The number of aliphatic hydroxyl groups is 1. The molecular formula is C8H6BrFO2. The largest absolute Gasteiger partial charge is 0.392 e. The van der Waals surface area contributed by atoms with E-state index in [0.717, 1.165) is 6.07 Å². The lowest BCUT2D eigenvalue weighted by Crippen LogP contribution is -1.93. The van der Waals surface area contributed by atoms with Crippen LogP contribution >= 0.6 is 15.9 Å². The molecule has 0 atom stereocenters. The summed E-state index contributed by atoms with van der Waals surface area (Å²) in [7, 11) is 0. The molecule has 0 unspecified atom stereocenters. The molecule has 2 nitrogen and oxygen atoms in total. The number of rotatable bonds is 2. The summed E-state index contributed by atoms with van der Waals surface area (Å²) in [6.07, 6.45) is 0.432. The van der Waals surface area contributed by atoms with E-state index in [1.54, 1.807) is 0 Å². The van der Waals surface area contributed by atoms with Crippen LogP contribution in [-0.4, -0.2) is 11.4 Å². The smallest absolute Gasteiger partial charge is 0.153 e. The molecule has 0 fully saturated rings. The van der Waals surface area contributed by atoms with Crippen molar-refractivity contribution in [1.82, 2.24) is 0 Å². The van der Waals surface area contributed by atoms with Gasteiger partial charge < -0.3 is 5.11 Å². The maximum absolute atomic E-state index is 12.9. The second-order valence-electron chi connectivity index (χ2n) is 2.24. The molecule has 0 aromatic heterocycles. The van der Waals surface area contributed by atoms with Gasteiger partial charge in [-0.1, -0.05) is 15.9 Å². The maximum atomic E-state index is 12.9. The Bertz CT molecular complexity index is 312. The molecule has 0 saturated carbocycles. The van der Waals surface area contributed by atoms with Crippen molar-refractivity contribution in [3.63, 3.8) is 0 Å². The van der Waals surface area contributed by atoms with Crippen molar-refractivity contribution in [3.05, 3.63) is 33.5 Å². The van der Waals surface area contributed by atoms with E-state index in [9.17, 15) is 9.18 Å². The molecule has 12 heavy (non-hydrogen) atoms. The molecule has 0 aliphatic rings. The third-order valence-corrected chi connectivity index (χ3v) is 2.20. The lowest BCUT2D eigenvalue weighted by Gasteiger charge is -2.01. The molecule has 1 N–H and O–H groups in total. The molecule has 1 aromatic carbocycles. The Balaban J connectivity index is 3.25. The van der Waals surface area contributed by atoms with Crippen LogP contribution in [0.15, 0.2) is 16.6 Å². The second-order valence-corrected chi connectivity index (χ2v) is 3.10. The number of carbonyl (C=O) groups is 1. The van der Waals surface area contributed by atoms with E-state index in [1.165, 1.54) is 6.07 Å². The fourth-order valence-corrected chi connectivity index (χ4v) is 1.30. The predicted octanol–water partition coefficient (Wildman–Crippen LogP) is 1.89. The zero-order valence-electron chi connectivity index (χ0n) is 6.05. The number of benzene rings is 1. The first kappa shape index (κ1) is 9.35. The zero-order valence-corrected chi connectivity index (χ0v) is 7.64. The fraction of sp³-hybridized carbons (Fsp3) is 0.125. The van der Waals surface area contributed by atoms with E-state index >= 15 is 0 Å². The quantitative estimate of drug-likeness (QED) is 0.792. The van der Waals surface area contributed by atoms with Gasteiger partial charge in [0.25, 0.3) is 0 Å². The van der Waals surface area contributed by atoms with Crippen LogP contribution < -0.4 is 0 Å². The van der Waals surface area contributed by atoms with Crippen molar-refractivity contribution < 1.29 is 14.3 Å². The number of halogens is 2. The van der Waals surface area contributed by atoms with Crippen LogP contribution in [-0.2, 0) is 6.61 Å². The molecule has 4 heteroatoms. The minimum absolute atomic E-state index is 0.0147. The van der Waals surface area contributed by atoms with Gasteiger partial charge in [0.05, 0.1) is 12.2 Å². The van der Waals surface area contributed by atoms with Gasteiger partial charge in [-0.05, 0) is 17.7 Å². The maximum Gasteiger partial charge on any atom is 0.153 e. The summed E-state index contributed by atoms with van der Waals surface area (Å²) in [4.78, 5) is 10.3. The van der Waals surface area contributed by atoms with E-state index in [-0.39, 0.29) is 12.2 Å². The Morgan fingerprint density at radius 3 is 2.75 bits per heavy atom. The van der Waals surface area contributed by atoms with Crippen LogP contribution in [0.25, 0.3) is 0 Å². The molecule has 0 aliphatic carbocycles. The number of hydrogen-bond donors (Lipinski definition) is 1. The van der Waals surface area contributed by atoms with Crippen molar-refractivity contribution in [3.8, 4) is 0 Å². The Kier molecular flexibility index (Phi) is 2.94. The Labute approximate surface area is 77.2 Å². The van der Waals surface area contributed by atoms with Gasteiger partial charge in [-0.15, -0.1) is 0 Å². The summed E-state index contributed by atoms with van der Waals surface area (Å²) < 4.78 is 13.4. The molecule has 0 spiro atoms. The number of aliphatic hydroxyl groups excluding tert-OH is 1. The van der Waals surface area contributed by atoms with Crippen molar-refractivity contribution in [2.75, 3.05) is 0 Å². The van der Waals surface area contributed by atoms with Crippen LogP contribution in [0, 0.1) is 5.82 Å². The van der Waals surface area contributed by atoms with Crippen molar-refractivity contribution in [1.29, 1.82) is 0 Å². The summed E-state index contributed by atoms with van der Waals surface area (Å²) in [5.74, 6) is -0.614. The topological polar surface area (TPSA) is 37.3 Å². The van der Waals surface area contributed by atoms with Gasteiger partial charge in [0, 0.05) is 4.47 Å². The van der Waals surface area contributed by atoms with E-state index < -0.39 is 5.82 Å². The third-order valence-electron chi connectivity index (χ3n) is 1.46. The lowest BCUT2D eigenvalue weighted by atomic mass is 10.1.